The molecule has 0 radical (unpaired) electrons. The molecule has 2 nitrogen and oxygen atoms in total. The fourth-order valence-corrected chi connectivity index (χ4v) is 1.79. The lowest BCUT2D eigenvalue weighted by atomic mass is 10.2. The van der Waals surface area contributed by atoms with Gasteiger partial charge in [-0.15, -0.1) is 0 Å². The van der Waals surface area contributed by atoms with Crippen molar-refractivity contribution >= 4 is 21.6 Å². The van der Waals surface area contributed by atoms with Crippen LogP contribution < -0.4 is 10.5 Å². The number of nitrogens with two attached hydrogens (primary N) is 1. The molecule has 0 saturated heterocycles. The highest BCUT2D eigenvalue weighted by Crippen LogP contribution is 2.30. The van der Waals surface area contributed by atoms with E-state index in [0.717, 1.165) is 5.56 Å². The fourth-order valence-electron chi connectivity index (χ4n) is 1.43. The average molecular weight is 296 g/mol. The van der Waals surface area contributed by atoms with Crippen LogP contribution in [0.4, 0.5) is 10.1 Å². The van der Waals surface area contributed by atoms with E-state index in [1.807, 2.05) is 19.1 Å². The van der Waals surface area contributed by atoms with Gasteiger partial charge in [0, 0.05) is 0 Å². The van der Waals surface area contributed by atoms with Crippen LogP contribution in [0.25, 0.3) is 0 Å². The van der Waals surface area contributed by atoms with Gasteiger partial charge < -0.3 is 10.5 Å². The largest absolute Gasteiger partial charge is 0.455 e. The highest BCUT2D eigenvalue weighted by Gasteiger charge is 2.05. The summed E-state index contributed by atoms with van der Waals surface area (Å²) < 4.78 is 19.0. The van der Waals surface area contributed by atoms with E-state index in [4.69, 9.17) is 10.5 Å². The first kappa shape index (κ1) is 11.9. The molecule has 0 atom stereocenters. The molecule has 0 spiro atoms. The third kappa shape index (κ3) is 2.77. The highest BCUT2D eigenvalue weighted by molar-refractivity contribution is 9.10. The molecule has 0 aliphatic heterocycles. The molecule has 2 aromatic rings. The first-order chi connectivity index (χ1) is 8.06. The van der Waals surface area contributed by atoms with Crippen molar-refractivity contribution in [2.45, 2.75) is 6.92 Å². The van der Waals surface area contributed by atoms with Gasteiger partial charge in [0.15, 0.2) is 0 Å². The van der Waals surface area contributed by atoms with Crippen molar-refractivity contribution in [2.24, 2.45) is 0 Å². The number of hydrogen-bond donors (Lipinski definition) is 1. The van der Waals surface area contributed by atoms with Crippen molar-refractivity contribution in [3.63, 3.8) is 0 Å². The minimum absolute atomic E-state index is 0.325. The van der Waals surface area contributed by atoms with Crippen molar-refractivity contribution in [2.75, 3.05) is 5.73 Å². The van der Waals surface area contributed by atoms with Gasteiger partial charge in [-0.25, -0.2) is 4.39 Å². The van der Waals surface area contributed by atoms with Crippen LogP contribution in [-0.4, -0.2) is 0 Å². The van der Waals surface area contributed by atoms with Crippen molar-refractivity contribution in [1.29, 1.82) is 0 Å². The van der Waals surface area contributed by atoms with Crippen molar-refractivity contribution in [3.8, 4) is 11.5 Å². The van der Waals surface area contributed by atoms with Crippen molar-refractivity contribution in [3.05, 3.63) is 52.3 Å². The second kappa shape index (κ2) is 4.75. The highest BCUT2D eigenvalue weighted by atomic mass is 79.9. The van der Waals surface area contributed by atoms with Crippen LogP contribution in [-0.2, 0) is 0 Å². The van der Waals surface area contributed by atoms with Crippen LogP contribution in [0.3, 0.4) is 0 Å². The maximum absolute atomic E-state index is 13.0. The van der Waals surface area contributed by atoms with Crippen LogP contribution in [0.5, 0.6) is 11.5 Å². The monoisotopic (exact) mass is 295 g/mol. The van der Waals surface area contributed by atoms with Gasteiger partial charge >= 0.3 is 0 Å². The zero-order valence-electron chi connectivity index (χ0n) is 9.21. The molecule has 0 fully saturated rings. The summed E-state index contributed by atoms with van der Waals surface area (Å²) in [5.41, 5.74) is 7.45. The van der Waals surface area contributed by atoms with Gasteiger partial charge in [0.25, 0.3) is 0 Å². The molecule has 17 heavy (non-hydrogen) atoms. The van der Waals surface area contributed by atoms with E-state index in [-0.39, 0.29) is 5.82 Å². The van der Waals surface area contributed by atoms with Gasteiger partial charge in [0.1, 0.15) is 17.3 Å². The molecule has 2 N–H and O–H groups in total. The number of ether oxygens (including phenoxy) is 1. The Kier molecular flexibility index (Phi) is 3.33. The molecule has 0 unspecified atom stereocenters. The molecular weight excluding hydrogens is 285 g/mol. The van der Waals surface area contributed by atoms with Crippen LogP contribution in [0, 0.1) is 12.7 Å². The van der Waals surface area contributed by atoms with E-state index >= 15 is 0 Å². The number of aryl methyl sites for hydroxylation is 1. The number of rotatable bonds is 2. The summed E-state index contributed by atoms with van der Waals surface area (Å²) in [7, 11) is 0. The lowest BCUT2D eigenvalue weighted by molar-refractivity contribution is 0.482. The zero-order valence-corrected chi connectivity index (χ0v) is 10.8. The summed E-state index contributed by atoms with van der Waals surface area (Å²) in [5.74, 6) is 0.775. The lowest BCUT2D eigenvalue weighted by Gasteiger charge is -2.09. The van der Waals surface area contributed by atoms with Gasteiger partial charge in [-0.3, -0.25) is 0 Å². The number of hydrogen-bond acceptors (Lipinski definition) is 2. The average Bonchev–Trinajstić information content (AvgIpc) is 2.27. The van der Waals surface area contributed by atoms with Gasteiger partial charge in [-0.05, 0) is 58.7 Å². The fraction of sp³-hybridized carbons (Fsp3) is 0.0769. The van der Waals surface area contributed by atoms with Gasteiger partial charge in [0.05, 0.1) is 10.2 Å². The van der Waals surface area contributed by atoms with Crippen LogP contribution in [0.1, 0.15) is 5.56 Å². The predicted molar refractivity (Wildman–Crippen MR) is 69.8 cm³/mol. The Bertz CT molecular complexity index is 557. The van der Waals surface area contributed by atoms with E-state index in [1.165, 1.54) is 6.07 Å². The Morgan fingerprint density at radius 1 is 1.18 bits per heavy atom. The second-order valence-corrected chi connectivity index (χ2v) is 4.57. The van der Waals surface area contributed by atoms with Crippen molar-refractivity contribution < 1.29 is 9.13 Å². The topological polar surface area (TPSA) is 35.2 Å². The van der Waals surface area contributed by atoms with E-state index in [9.17, 15) is 4.39 Å². The summed E-state index contributed by atoms with van der Waals surface area (Å²) >= 11 is 3.10. The van der Waals surface area contributed by atoms with Crippen LogP contribution in [0.2, 0.25) is 0 Å². The first-order valence-electron chi connectivity index (χ1n) is 5.05. The third-order valence-electron chi connectivity index (χ3n) is 2.28. The normalized spacial score (nSPS) is 10.3. The first-order valence-corrected chi connectivity index (χ1v) is 5.84. The van der Waals surface area contributed by atoms with Gasteiger partial charge in [-0.2, -0.15) is 0 Å². The Morgan fingerprint density at radius 3 is 2.59 bits per heavy atom. The molecule has 0 amide bonds. The zero-order chi connectivity index (χ0) is 12.4. The minimum atomic E-state index is -0.325. The molecule has 2 aromatic carbocycles. The Balaban J connectivity index is 2.28. The summed E-state index contributed by atoms with van der Waals surface area (Å²) in [4.78, 5) is 0. The van der Waals surface area contributed by atoms with Crippen LogP contribution >= 0.6 is 15.9 Å². The Hall–Kier alpha value is -1.55. The second-order valence-electron chi connectivity index (χ2n) is 3.72. The third-order valence-corrected chi connectivity index (χ3v) is 2.89. The molecule has 4 heteroatoms. The molecule has 88 valence electrons. The smallest absolute Gasteiger partial charge is 0.150 e. The number of benzene rings is 2. The standard InChI is InChI=1S/C13H11BrFNO/c1-8-2-5-13(12(16)6-8)17-9-3-4-11(15)10(14)7-9/h2-7H,16H2,1H3. The summed E-state index contributed by atoms with van der Waals surface area (Å²) in [6.07, 6.45) is 0. The van der Waals surface area contributed by atoms with E-state index in [1.54, 1.807) is 18.2 Å². The lowest BCUT2D eigenvalue weighted by Crippen LogP contribution is -1.93. The molecule has 0 bridgehead atoms. The summed E-state index contributed by atoms with van der Waals surface area (Å²) in [6, 6.07) is 9.98. The molecule has 0 aliphatic rings. The molecule has 0 heterocycles. The molecule has 2 rings (SSSR count). The quantitative estimate of drug-likeness (QED) is 0.840. The minimum Gasteiger partial charge on any atom is -0.455 e. The SMILES string of the molecule is Cc1ccc(Oc2ccc(F)c(Br)c2)c(N)c1. The predicted octanol–water partition coefficient (Wildman–Crippen LogP) is 4.27. The number of anilines is 1. The maximum atomic E-state index is 13.0. The van der Waals surface area contributed by atoms with E-state index in [0.29, 0.717) is 21.7 Å². The van der Waals surface area contributed by atoms with Crippen LogP contribution in [0.15, 0.2) is 40.9 Å². The van der Waals surface area contributed by atoms with E-state index in [2.05, 4.69) is 15.9 Å². The molecule has 0 aromatic heterocycles. The Labute approximate surface area is 107 Å². The number of nitrogen functional groups attached to an aromatic ring is 1. The van der Waals surface area contributed by atoms with Crippen molar-refractivity contribution in [1.82, 2.24) is 0 Å². The number of halogens is 2. The van der Waals surface area contributed by atoms with Gasteiger partial charge in [-0.1, -0.05) is 6.07 Å². The molecule has 0 saturated carbocycles. The van der Waals surface area contributed by atoms with E-state index < -0.39 is 0 Å². The molecular formula is C13H11BrFNO. The Morgan fingerprint density at radius 2 is 1.94 bits per heavy atom. The summed E-state index contributed by atoms with van der Waals surface area (Å²) in [5, 5.41) is 0. The maximum Gasteiger partial charge on any atom is 0.150 e. The molecule has 0 aliphatic carbocycles. The summed E-state index contributed by atoms with van der Waals surface area (Å²) in [6.45, 7) is 1.95. The van der Waals surface area contributed by atoms with Gasteiger partial charge in [0.2, 0.25) is 0 Å².